The second-order valence-electron chi connectivity index (χ2n) is 4.45. The van der Waals surface area contributed by atoms with E-state index < -0.39 is 0 Å². The predicted octanol–water partition coefficient (Wildman–Crippen LogP) is 3.26. The topological polar surface area (TPSA) is 29.1 Å². The van der Waals surface area contributed by atoms with Gasteiger partial charge in [0, 0.05) is 12.5 Å². The molecule has 0 rings (SSSR count). The molecule has 0 saturated heterocycles. The van der Waals surface area contributed by atoms with Crippen LogP contribution in [0.2, 0.25) is 0 Å². The van der Waals surface area contributed by atoms with E-state index in [1.165, 1.54) is 25.7 Å². The molecule has 0 heterocycles. The summed E-state index contributed by atoms with van der Waals surface area (Å²) in [6.45, 7) is 8.15. The second kappa shape index (κ2) is 6.86. The average molecular weight is 199 g/mol. The standard InChI is InChI=1S/C12H25NO/c1-5-7-9-12(4,10-8-6-2)13-11(3)14/h5-10H2,1-4H3,(H,13,14). The Morgan fingerprint density at radius 2 is 1.57 bits per heavy atom. The monoisotopic (exact) mass is 199 g/mol. The largest absolute Gasteiger partial charge is 0.351 e. The van der Waals surface area contributed by atoms with Crippen molar-refractivity contribution in [1.82, 2.24) is 5.32 Å². The van der Waals surface area contributed by atoms with Gasteiger partial charge in [-0.1, -0.05) is 39.5 Å². The van der Waals surface area contributed by atoms with Crippen molar-refractivity contribution in [2.75, 3.05) is 0 Å². The minimum absolute atomic E-state index is 0.0256. The molecule has 0 unspecified atom stereocenters. The highest BCUT2D eigenvalue weighted by Crippen LogP contribution is 2.20. The van der Waals surface area contributed by atoms with Crippen LogP contribution >= 0.6 is 0 Å². The van der Waals surface area contributed by atoms with Crippen molar-refractivity contribution < 1.29 is 4.79 Å². The van der Waals surface area contributed by atoms with Gasteiger partial charge in [-0.25, -0.2) is 0 Å². The summed E-state index contributed by atoms with van der Waals surface area (Å²) in [5.74, 6) is 0.0970. The average Bonchev–Trinajstić information content (AvgIpc) is 2.11. The van der Waals surface area contributed by atoms with Crippen LogP contribution in [0.4, 0.5) is 0 Å². The molecule has 1 N–H and O–H groups in total. The highest BCUT2D eigenvalue weighted by atomic mass is 16.1. The summed E-state index contributed by atoms with van der Waals surface area (Å²) in [7, 11) is 0. The number of hydrogen-bond acceptors (Lipinski definition) is 1. The number of rotatable bonds is 7. The van der Waals surface area contributed by atoms with E-state index in [1.54, 1.807) is 6.92 Å². The van der Waals surface area contributed by atoms with Crippen molar-refractivity contribution in [2.24, 2.45) is 0 Å². The van der Waals surface area contributed by atoms with Gasteiger partial charge < -0.3 is 5.32 Å². The van der Waals surface area contributed by atoms with Crippen LogP contribution in [-0.2, 0) is 4.79 Å². The number of hydrogen-bond donors (Lipinski definition) is 1. The van der Waals surface area contributed by atoms with Crippen LogP contribution in [0.1, 0.15) is 66.2 Å². The van der Waals surface area contributed by atoms with Crippen molar-refractivity contribution in [3.63, 3.8) is 0 Å². The third kappa shape index (κ3) is 6.01. The maximum Gasteiger partial charge on any atom is 0.217 e. The first-order valence-corrected chi connectivity index (χ1v) is 5.83. The molecule has 0 fully saturated rings. The quantitative estimate of drug-likeness (QED) is 0.670. The molecule has 2 heteroatoms. The van der Waals surface area contributed by atoms with Gasteiger partial charge in [-0.2, -0.15) is 0 Å². The van der Waals surface area contributed by atoms with E-state index in [4.69, 9.17) is 0 Å². The van der Waals surface area contributed by atoms with E-state index in [-0.39, 0.29) is 11.4 Å². The molecule has 0 aliphatic rings. The molecule has 0 bridgehead atoms. The Bertz CT molecular complexity index is 158. The molecular formula is C12H25NO. The van der Waals surface area contributed by atoms with Gasteiger partial charge in [-0.3, -0.25) is 4.79 Å². The molecular weight excluding hydrogens is 174 g/mol. The van der Waals surface area contributed by atoms with Crippen molar-refractivity contribution >= 4 is 5.91 Å². The van der Waals surface area contributed by atoms with E-state index in [1.807, 2.05) is 0 Å². The Hall–Kier alpha value is -0.530. The maximum absolute atomic E-state index is 11.1. The molecule has 84 valence electrons. The molecule has 0 aromatic rings. The number of carbonyl (C=O) groups excluding carboxylic acids is 1. The number of nitrogens with one attached hydrogen (secondary N) is 1. The van der Waals surface area contributed by atoms with Crippen molar-refractivity contribution in [2.45, 2.75) is 71.8 Å². The zero-order valence-electron chi connectivity index (χ0n) is 10.2. The normalized spacial score (nSPS) is 11.4. The van der Waals surface area contributed by atoms with Crippen molar-refractivity contribution in [1.29, 1.82) is 0 Å². The summed E-state index contributed by atoms with van der Waals surface area (Å²) in [5.41, 5.74) is 0.0256. The first-order chi connectivity index (χ1) is 6.54. The summed E-state index contributed by atoms with van der Waals surface area (Å²) in [6.07, 6.45) is 6.98. The molecule has 0 aromatic heterocycles. The lowest BCUT2D eigenvalue weighted by Gasteiger charge is -2.30. The van der Waals surface area contributed by atoms with E-state index in [9.17, 15) is 4.79 Å². The van der Waals surface area contributed by atoms with Gasteiger partial charge in [-0.05, 0) is 19.8 Å². The SMILES string of the molecule is CCCCC(C)(CCCC)NC(C)=O. The molecule has 14 heavy (non-hydrogen) atoms. The highest BCUT2D eigenvalue weighted by molar-refractivity contribution is 5.73. The van der Waals surface area contributed by atoms with Crippen molar-refractivity contribution in [3.05, 3.63) is 0 Å². The maximum atomic E-state index is 11.1. The fraction of sp³-hybridized carbons (Fsp3) is 0.917. The van der Waals surface area contributed by atoms with Gasteiger partial charge in [-0.15, -0.1) is 0 Å². The Morgan fingerprint density at radius 1 is 1.14 bits per heavy atom. The summed E-state index contributed by atoms with van der Waals surface area (Å²) < 4.78 is 0. The Labute approximate surface area is 88.5 Å². The highest BCUT2D eigenvalue weighted by Gasteiger charge is 2.23. The van der Waals surface area contributed by atoms with Crippen LogP contribution in [0.5, 0.6) is 0 Å². The zero-order chi connectivity index (χ0) is 11.0. The van der Waals surface area contributed by atoms with E-state index in [0.717, 1.165) is 12.8 Å². The van der Waals surface area contributed by atoms with Crippen molar-refractivity contribution in [3.8, 4) is 0 Å². The predicted molar refractivity (Wildman–Crippen MR) is 61.3 cm³/mol. The fourth-order valence-electron chi connectivity index (χ4n) is 1.81. The Balaban J connectivity index is 4.09. The smallest absolute Gasteiger partial charge is 0.217 e. The molecule has 0 aliphatic heterocycles. The van der Waals surface area contributed by atoms with Crippen LogP contribution in [0, 0.1) is 0 Å². The summed E-state index contributed by atoms with van der Waals surface area (Å²) in [4.78, 5) is 11.1. The van der Waals surface area contributed by atoms with Gasteiger partial charge in [0.15, 0.2) is 0 Å². The van der Waals surface area contributed by atoms with Crippen LogP contribution in [0.25, 0.3) is 0 Å². The Morgan fingerprint density at radius 3 is 1.86 bits per heavy atom. The molecule has 0 atom stereocenters. The van der Waals surface area contributed by atoms with Crippen LogP contribution in [0.3, 0.4) is 0 Å². The molecule has 0 radical (unpaired) electrons. The minimum atomic E-state index is 0.0256. The number of amides is 1. The van der Waals surface area contributed by atoms with E-state index >= 15 is 0 Å². The third-order valence-electron chi connectivity index (χ3n) is 2.64. The number of unbranched alkanes of at least 4 members (excludes halogenated alkanes) is 2. The third-order valence-corrected chi connectivity index (χ3v) is 2.64. The lowest BCUT2D eigenvalue weighted by Crippen LogP contribution is -2.44. The molecule has 1 amide bonds. The zero-order valence-corrected chi connectivity index (χ0v) is 10.2. The van der Waals surface area contributed by atoms with Gasteiger partial charge in [0.2, 0.25) is 5.91 Å². The lowest BCUT2D eigenvalue weighted by atomic mass is 9.89. The van der Waals surface area contributed by atoms with Gasteiger partial charge in [0.05, 0.1) is 0 Å². The first kappa shape index (κ1) is 13.5. The van der Waals surface area contributed by atoms with E-state index in [0.29, 0.717) is 0 Å². The van der Waals surface area contributed by atoms with Crippen LogP contribution in [-0.4, -0.2) is 11.4 Å². The van der Waals surface area contributed by atoms with Crippen LogP contribution in [0.15, 0.2) is 0 Å². The first-order valence-electron chi connectivity index (χ1n) is 5.83. The molecule has 0 aromatic carbocycles. The summed E-state index contributed by atoms with van der Waals surface area (Å²) in [5, 5.41) is 3.09. The van der Waals surface area contributed by atoms with Gasteiger partial charge >= 0.3 is 0 Å². The molecule has 0 spiro atoms. The van der Waals surface area contributed by atoms with Gasteiger partial charge in [0.25, 0.3) is 0 Å². The fourth-order valence-corrected chi connectivity index (χ4v) is 1.81. The van der Waals surface area contributed by atoms with E-state index in [2.05, 4.69) is 26.1 Å². The minimum Gasteiger partial charge on any atom is -0.351 e. The molecule has 2 nitrogen and oxygen atoms in total. The number of carbonyl (C=O) groups is 1. The molecule has 0 saturated carbocycles. The summed E-state index contributed by atoms with van der Waals surface area (Å²) in [6, 6.07) is 0. The van der Waals surface area contributed by atoms with Gasteiger partial charge in [0.1, 0.15) is 0 Å². The second-order valence-corrected chi connectivity index (χ2v) is 4.45. The Kier molecular flexibility index (Phi) is 6.60. The summed E-state index contributed by atoms with van der Waals surface area (Å²) >= 11 is 0. The lowest BCUT2D eigenvalue weighted by molar-refractivity contribution is -0.120. The van der Waals surface area contributed by atoms with Crippen LogP contribution < -0.4 is 5.32 Å². The molecule has 0 aliphatic carbocycles.